The molecule has 0 radical (unpaired) electrons. The number of fused-ring (bicyclic) bond motifs is 3. The number of ether oxygens (including phenoxy) is 3. The van der Waals surface area contributed by atoms with Crippen molar-refractivity contribution in [2.75, 3.05) is 27.6 Å². The standard InChI is InChI=1S/C28H28ClNO5S/c1-33-23-13-17-8-10-21(30-28(32)18-7-5-6-16(12-18)15-29)20-14-22(31)24(36-4)11-9-19(20)25(17)27(35-3)26(23)34-2/h5-7,9,11-14,21H,8,10,15H2,1-4H3,(H,30,32)/t21-/m0/s1. The smallest absolute Gasteiger partial charge is 0.251 e. The second-order valence-electron chi connectivity index (χ2n) is 8.36. The van der Waals surface area contributed by atoms with Crippen molar-refractivity contribution in [2.24, 2.45) is 0 Å². The first-order valence-corrected chi connectivity index (χ1v) is 13.2. The van der Waals surface area contributed by atoms with Crippen LogP contribution in [0.1, 0.15) is 39.5 Å². The number of amides is 1. The third-order valence-corrected chi connectivity index (χ3v) is 7.46. The number of thioether (sulfide) groups is 1. The first-order valence-electron chi connectivity index (χ1n) is 11.5. The highest BCUT2D eigenvalue weighted by atomic mass is 35.5. The molecule has 0 aliphatic heterocycles. The molecule has 0 fully saturated rings. The van der Waals surface area contributed by atoms with Crippen molar-refractivity contribution < 1.29 is 19.0 Å². The summed E-state index contributed by atoms with van der Waals surface area (Å²) in [5, 5.41) is 3.16. The number of benzene rings is 2. The van der Waals surface area contributed by atoms with Gasteiger partial charge in [0.1, 0.15) is 0 Å². The monoisotopic (exact) mass is 525 g/mol. The van der Waals surface area contributed by atoms with E-state index in [1.807, 2.05) is 36.6 Å². The van der Waals surface area contributed by atoms with Crippen LogP contribution in [0.5, 0.6) is 17.2 Å². The molecule has 0 saturated heterocycles. The van der Waals surface area contributed by atoms with Crippen LogP contribution in [0.4, 0.5) is 0 Å². The summed E-state index contributed by atoms with van der Waals surface area (Å²) in [6.07, 6.45) is 3.08. The van der Waals surface area contributed by atoms with Crippen molar-refractivity contribution >= 4 is 29.3 Å². The Balaban J connectivity index is 1.91. The molecule has 1 N–H and O–H groups in total. The summed E-state index contributed by atoms with van der Waals surface area (Å²) in [4.78, 5) is 27.0. The van der Waals surface area contributed by atoms with Crippen molar-refractivity contribution in [1.82, 2.24) is 5.32 Å². The van der Waals surface area contributed by atoms with Crippen LogP contribution in [-0.2, 0) is 12.3 Å². The summed E-state index contributed by atoms with van der Waals surface area (Å²) >= 11 is 7.36. The minimum atomic E-state index is -0.406. The molecule has 1 aliphatic rings. The highest BCUT2D eigenvalue weighted by Gasteiger charge is 2.30. The zero-order valence-electron chi connectivity index (χ0n) is 20.6. The molecule has 8 heteroatoms. The topological polar surface area (TPSA) is 73.9 Å². The lowest BCUT2D eigenvalue weighted by Gasteiger charge is -2.20. The van der Waals surface area contributed by atoms with Gasteiger partial charge in [-0.1, -0.05) is 18.2 Å². The fraction of sp³-hybridized carbons (Fsp3) is 0.286. The minimum absolute atomic E-state index is 0.102. The number of hydrogen-bond donors (Lipinski definition) is 1. The van der Waals surface area contributed by atoms with Crippen molar-refractivity contribution in [3.8, 4) is 28.4 Å². The Bertz CT molecular complexity index is 1360. The molecule has 4 rings (SSSR count). The van der Waals surface area contributed by atoms with Gasteiger partial charge in [-0.05, 0) is 71.7 Å². The number of alkyl halides is 1. The zero-order chi connectivity index (χ0) is 25.8. The SMILES string of the molecule is COc1cc2c(c(OC)c1OC)-c1ccc(SC)c(=O)cc1[C@@H](NC(=O)c1cccc(CCl)c1)CC2. The van der Waals surface area contributed by atoms with Gasteiger partial charge < -0.3 is 19.5 Å². The fourth-order valence-electron chi connectivity index (χ4n) is 4.65. The van der Waals surface area contributed by atoms with E-state index in [0.29, 0.717) is 46.4 Å². The van der Waals surface area contributed by atoms with E-state index in [1.54, 1.807) is 39.5 Å². The summed E-state index contributed by atoms with van der Waals surface area (Å²) < 4.78 is 17.1. The number of methoxy groups -OCH3 is 3. The lowest BCUT2D eigenvalue weighted by atomic mass is 9.95. The molecular formula is C28H28ClNO5S. The molecule has 0 bridgehead atoms. The number of hydrogen-bond acceptors (Lipinski definition) is 6. The highest BCUT2D eigenvalue weighted by Crippen LogP contribution is 2.50. The minimum Gasteiger partial charge on any atom is -0.493 e. The summed E-state index contributed by atoms with van der Waals surface area (Å²) in [5.74, 6) is 1.65. The molecule has 0 heterocycles. The predicted octanol–water partition coefficient (Wildman–Crippen LogP) is 5.62. The van der Waals surface area contributed by atoms with Crippen LogP contribution < -0.4 is 25.0 Å². The third-order valence-electron chi connectivity index (χ3n) is 6.37. The van der Waals surface area contributed by atoms with Crippen LogP contribution in [-0.4, -0.2) is 33.5 Å². The Hall–Kier alpha value is -3.16. The first-order chi connectivity index (χ1) is 17.4. The fourth-order valence-corrected chi connectivity index (χ4v) is 5.28. The Morgan fingerprint density at radius 3 is 2.50 bits per heavy atom. The Morgan fingerprint density at radius 1 is 1.06 bits per heavy atom. The number of aryl methyl sites for hydroxylation is 1. The van der Waals surface area contributed by atoms with Gasteiger partial charge in [0.25, 0.3) is 5.91 Å². The third kappa shape index (κ3) is 4.90. The van der Waals surface area contributed by atoms with E-state index >= 15 is 0 Å². The molecule has 1 aliphatic carbocycles. The maximum absolute atomic E-state index is 13.3. The van der Waals surface area contributed by atoms with Crippen LogP contribution in [0.15, 0.2) is 58.2 Å². The Kier molecular flexibility index (Phi) is 8.11. The van der Waals surface area contributed by atoms with Crippen LogP contribution in [0, 0.1) is 0 Å². The van der Waals surface area contributed by atoms with Gasteiger partial charge >= 0.3 is 0 Å². The molecular weight excluding hydrogens is 498 g/mol. The predicted molar refractivity (Wildman–Crippen MR) is 144 cm³/mol. The number of carbonyl (C=O) groups excluding carboxylic acids is 1. The number of nitrogens with one attached hydrogen (secondary N) is 1. The van der Waals surface area contributed by atoms with Gasteiger partial charge in [0, 0.05) is 17.0 Å². The Morgan fingerprint density at radius 2 is 1.83 bits per heavy atom. The summed E-state index contributed by atoms with van der Waals surface area (Å²) in [6, 6.07) is 14.1. The Labute approximate surface area is 219 Å². The normalized spacial score (nSPS) is 14.2. The molecule has 0 aromatic heterocycles. The van der Waals surface area contributed by atoms with Gasteiger partial charge in [-0.25, -0.2) is 0 Å². The van der Waals surface area contributed by atoms with Crippen LogP contribution in [0.25, 0.3) is 11.1 Å². The average molecular weight is 526 g/mol. The van der Waals surface area contributed by atoms with Gasteiger partial charge in [0.15, 0.2) is 16.9 Å². The molecule has 188 valence electrons. The average Bonchev–Trinajstić information content (AvgIpc) is 3.15. The van der Waals surface area contributed by atoms with E-state index in [9.17, 15) is 9.59 Å². The molecule has 36 heavy (non-hydrogen) atoms. The highest BCUT2D eigenvalue weighted by molar-refractivity contribution is 7.98. The second kappa shape index (κ2) is 11.3. The van der Waals surface area contributed by atoms with Crippen molar-refractivity contribution in [3.05, 3.63) is 81.0 Å². The quantitative estimate of drug-likeness (QED) is 0.319. The van der Waals surface area contributed by atoms with Gasteiger partial charge in [0.05, 0.1) is 32.3 Å². The largest absolute Gasteiger partial charge is 0.493 e. The lowest BCUT2D eigenvalue weighted by Crippen LogP contribution is -2.29. The van der Waals surface area contributed by atoms with Gasteiger partial charge in [-0.3, -0.25) is 9.59 Å². The number of halogens is 1. The molecule has 6 nitrogen and oxygen atoms in total. The summed E-state index contributed by atoms with van der Waals surface area (Å²) in [6.45, 7) is 0. The maximum atomic E-state index is 13.3. The lowest BCUT2D eigenvalue weighted by molar-refractivity contribution is 0.0935. The van der Waals surface area contributed by atoms with Gasteiger partial charge in [0.2, 0.25) is 5.75 Å². The van der Waals surface area contributed by atoms with E-state index in [-0.39, 0.29) is 11.3 Å². The van der Waals surface area contributed by atoms with Crippen molar-refractivity contribution in [1.29, 1.82) is 0 Å². The molecule has 3 aromatic rings. The summed E-state index contributed by atoms with van der Waals surface area (Å²) in [5.41, 5.74) is 4.62. The van der Waals surface area contributed by atoms with E-state index in [0.717, 1.165) is 27.8 Å². The first kappa shape index (κ1) is 25.9. The van der Waals surface area contributed by atoms with E-state index in [4.69, 9.17) is 25.8 Å². The summed E-state index contributed by atoms with van der Waals surface area (Å²) in [7, 11) is 4.73. The van der Waals surface area contributed by atoms with Crippen LogP contribution >= 0.6 is 23.4 Å². The van der Waals surface area contributed by atoms with Crippen LogP contribution in [0.3, 0.4) is 0 Å². The van der Waals surface area contributed by atoms with Crippen LogP contribution in [0.2, 0.25) is 0 Å². The molecule has 0 saturated carbocycles. The van der Waals surface area contributed by atoms with E-state index in [1.165, 1.54) is 11.8 Å². The van der Waals surface area contributed by atoms with Crippen molar-refractivity contribution in [3.63, 3.8) is 0 Å². The second-order valence-corrected chi connectivity index (χ2v) is 9.47. The molecule has 3 aromatic carbocycles. The number of carbonyl (C=O) groups is 1. The van der Waals surface area contributed by atoms with E-state index in [2.05, 4.69) is 5.32 Å². The van der Waals surface area contributed by atoms with E-state index < -0.39 is 6.04 Å². The molecule has 0 spiro atoms. The molecule has 1 amide bonds. The molecule has 1 atom stereocenters. The maximum Gasteiger partial charge on any atom is 0.251 e. The number of rotatable bonds is 7. The molecule has 0 unspecified atom stereocenters. The van der Waals surface area contributed by atoms with Gasteiger partial charge in [-0.15, -0.1) is 23.4 Å². The van der Waals surface area contributed by atoms with Crippen molar-refractivity contribution in [2.45, 2.75) is 29.7 Å². The zero-order valence-corrected chi connectivity index (χ0v) is 22.2. The van der Waals surface area contributed by atoms with Gasteiger partial charge in [-0.2, -0.15) is 0 Å².